The first-order valence-corrected chi connectivity index (χ1v) is 3.38. The van der Waals surface area contributed by atoms with Crippen LogP contribution in [0, 0.1) is 0 Å². The number of aromatic hydroxyl groups is 2. The smallest absolute Gasteiger partial charge is 0.498 e. The van der Waals surface area contributed by atoms with E-state index in [1.165, 1.54) is 25.3 Å². The van der Waals surface area contributed by atoms with Crippen molar-refractivity contribution < 1.29 is 19.9 Å². The fourth-order valence-corrected chi connectivity index (χ4v) is 0.912. The van der Waals surface area contributed by atoms with Gasteiger partial charge >= 0.3 is 7.12 Å². The van der Waals surface area contributed by atoms with Crippen molar-refractivity contribution in [3.05, 3.63) is 18.2 Å². The molecule has 0 atom stereocenters. The Morgan fingerprint density at radius 1 is 1.25 bits per heavy atom. The summed E-state index contributed by atoms with van der Waals surface area (Å²) < 4.78 is 4.53. The van der Waals surface area contributed by atoms with E-state index in [0.29, 0.717) is 0 Å². The molecule has 0 saturated carbocycles. The van der Waals surface area contributed by atoms with Crippen LogP contribution in [0.3, 0.4) is 0 Å². The minimum atomic E-state index is -1.30. The summed E-state index contributed by atoms with van der Waals surface area (Å²) in [7, 11) is -0.0255. The Hall–Kier alpha value is -1.20. The maximum atomic E-state index is 9.19. The van der Waals surface area contributed by atoms with E-state index in [1.807, 2.05) is 0 Å². The van der Waals surface area contributed by atoms with Gasteiger partial charge < -0.3 is 19.9 Å². The van der Waals surface area contributed by atoms with Crippen LogP contribution < -0.4 is 5.46 Å². The third-order valence-corrected chi connectivity index (χ3v) is 1.53. The van der Waals surface area contributed by atoms with E-state index in [1.54, 1.807) is 0 Å². The Bertz CT molecular complexity index is 256. The van der Waals surface area contributed by atoms with Crippen LogP contribution in [0.25, 0.3) is 0 Å². The molecule has 0 aliphatic rings. The quantitative estimate of drug-likeness (QED) is 0.517. The van der Waals surface area contributed by atoms with Crippen LogP contribution in [-0.2, 0) is 4.65 Å². The second-order valence-electron chi connectivity index (χ2n) is 2.30. The SMILES string of the molecule is COB(O)c1c(O)cccc1O. The molecule has 0 saturated heterocycles. The zero-order chi connectivity index (χ0) is 9.14. The Morgan fingerprint density at radius 3 is 2.17 bits per heavy atom. The predicted octanol–water partition coefficient (Wildman–Crippen LogP) is -0.568. The maximum Gasteiger partial charge on any atom is 0.498 e. The molecule has 0 aliphatic heterocycles. The standard InChI is InChI=1S/C7H9BO4/c1-12-8(11)7-5(9)3-2-4-6(7)10/h2-4,9-11H,1H3. The number of benzene rings is 1. The van der Waals surface area contributed by atoms with Crippen molar-refractivity contribution in [2.45, 2.75) is 0 Å². The van der Waals surface area contributed by atoms with Crippen LogP contribution in [0.1, 0.15) is 0 Å². The lowest BCUT2D eigenvalue weighted by molar-refractivity contribution is 0.337. The van der Waals surface area contributed by atoms with Gasteiger partial charge in [0, 0.05) is 7.11 Å². The van der Waals surface area contributed by atoms with Crippen LogP contribution in [-0.4, -0.2) is 29.5 Å². The van der Waals surface area contributed by atoms with Gasteiger partial charge in [0.15, 0.2) is 0 Å². The van der Waals surface area contributed by atoms with Gasteiger partial charge in [-0.15, -0.1) is 0 Å². The van der Waals surface area contributed by atoms with Crippen LogP contribution >= 0.6 is 0 Å². The first-order chi connectivity index (χ1) is 5.66. The minimum Gasteiger partial charge on any atom is -0.508 e. The average Bonchev–Trinajstić information content (AvgIpc) is 2.03. The van der Waals surface area contributed by atoms with Crippen molar-refractivity contribution in [2.75, 3.05) is 7.11 Å². The molecule has 12 heavy (non-hydrogen) atoms. The van der Waals surface area contributed by atoms with E-state index < -0.39 is 7.12 Å². The van der Waals surface area contributed by atoms with E-state index in [-0.39, 0.29) is 17.0 Å². The molecular weight excluding hydrogens is 159 g/mol. The molecule has 0 fully saturated rings. The van der Waals surface area contributed by atoms with Gasteiger partial charge in [-0.1, -0.05) is 6.07 Å². The second-order valence-corrected chi connectivity index (χ2v) is 2.30. The molecule has 64 valence electrons. The number of rotatable bonds is 2. The number of hydrogen-bond donors (Lipinski definition) is 3. The molecule has 5 heteroatoms. The largest absolute Gasteiger partial charge is 0.508 e. The van der Waals surface area contributed by atoms with Crippen molar-refractivity contribution in [3.8, 4) is 11.5 Å². The summed E-state index contributed by atoms with van der Waals surface area (Å²) in [6.45, 7) is 0. The Morgan fingerprint density at radius 2 is 1.75 bits per heavy atom. The van der Waals surface area contributed by atoms with Gasteiger partial charge in [-0.3, -0.25) is 0 Å². The third-order valence-electron chi connectivity index (χ3n) is 1.53. The molecule has 1 aromatic carbocycles. The number of phenols is 2. The lowest BCUT2D eigenvalue weighted by atomic mass is 9.78. The van der Waals surface area contributed by atoms with Crippen LogP contribution in [0.5, 0.6) is 11.5 Å². The maximum absolute atomic E-state index is 9.19. The highest BCUT2D eigenvalue weighted by molar-refractivity contribution is 6.62. The lowest BCUT2D eigenvalue weighted by Gasteiger charge is -2.07. The van der Waals surface area contributed by atoms with E-state index >= 15 is 0 Å². The summed E-state index contributed by atoms with van der Waals surface area (Å²) in [5.41, 5.74) is -0.0139. The van der Waals surface area contributed by atoms with Crippen molar-refractivity contribution >= 4 is 12.6 Å². The van der Waals surface area contributed by atoms with E-state index in [4.69, 9.17) is 5.02 Å². The summed E-state index contributed by atoms with van der Waals surface area (Å²) >= 11 is 0. The fourth-order valence-electron chi connectivity index (χ4n) is 0.912. The highest BCUT2D eigenvalue weighted by atomic mass is 16.5. The molecule has 0 unspecified atom stereocenters. The van der Waals surface area contributed by atoms with Gasteiger partial charge in [0.1, 0.15) is 11.5 Å². The molecule has 4 nitrogen and oxygen atoms in total. The van der Waals surface area contributed by atoms with Crippen molar-refractivity contribution in [2.24, 2.45) is 0 Å². The third kappa shape index (κ3) is 1.52. The molecule has 0 amide bonds. The topological polar surface area (TPSA) is 69.9 Å². The molecular formula is C7H9BO4. The molecule has 0 heterocycles. The molecule has 1 rings (SSSR count). The summed E-state index contributed by atoms with van der Waals surface area (Å²) in [6, 6.07) is 4.19. The highest BCUT2D eigenvalue weighted by Gasteiger charge is 2.22. The highest BCUT2D eigenvalue weighted by Crippen LogP contribution is 2.14. The zero-order valence-electron chi connectivity index (χ0n) is 6.56. The van der Waals surface area contributed by atoms with E-state index in [0.717, 1.165) is 0 Å². The second kappa shape index (κ2) is 3.47. The van der Waals surface area contributed by atoms with Gasteiger partial charge in [-0.05, 0) is 12.1 Å². The molecule has 1 aromatic rings. The summed E-state index contributed by atoms with van der Waals surface area (Å²) in [6.07, 6.45) is 0. The molecule has 3 N–H and O–H groups in total. The van der Waals surface area contributed by atoms with Gasteiger partial charge in [0.25, 0.3) is 0 Å². The molecule has 0 radical (unpaired) electrons. The molecule has 0 aliphatic carbocycles. The zero-order valence-corrected chi connectivity index (χ0v) is 6.56. The van der Waals surface area contributed by atoms with Gasteiger partial charge in [0.05, 0.1) is 5.46 Å². The summed E-state index contributed by atoms with van der Waals surface area (Å²) in [4.78, 5) is 0. The summed E-state index contributed by atoms with van der Waals surface area (Å²) in [5.74, 6) is -0.381. The van der Waals surface area contributed by atoms with Crippen molar-refractivity contribution in [1.82, 2.24) is 0 Å². The van der Waals surface area contributed by atoms with E-state index in [9.17, 15) is 10.2 Å². The van der Waals surface area contributed by atoms with Crippen LogP contribution in [0.2, 0.25) is 0 Å². The Labute approximate surface area is 70.2 Å². The molecule has 0 spiro atoms. The van der Waals surface area contributed by atoms with Crippen LogP contribution in [0.15, 0.2) is 18.2 Å². The monoisotopic (exact) mass is 168 g/mol. The van der Waals surface area contributed by atoms with Crippen molar-refractivity contribution in [1.29, 1.82) is 0 Å². The average molecular weight is 168 g/mol. The number of hydrogen-bond acceptors (Lipinski definition) is 4. The summed E-state index contributed by atoms with van der Waals surface area (Å²) in [5, 5.41) is 27.5. The lowest BCUT2D eigenvalue weighted by Crippen LogP contribution is -2.32. The van der Waals surface area contributed by atoms with Gasteiger partial charge in [-0.2, -0.15) is 0 Å². The number of phenolic OH excluding ortho intramolecular Hbond substituents is 2. The first-order valence-electron chi connectivity index (χ1n) is 3.38. The first kappa shape index (κ1) is 8.90. The van der Waals surface area contributed by atoms with Crippen LogP contribution in [0.4, 0.5) is 0 Å². The molecule has 0 bridgehead atoms. The predicted molar refractivity (Wildman–Crippen MR) is 44.4 cm³/mol. The molecule has 0 aromatic heterocycles. The normalized spacial score (nSPS) is 9.83. The van der Waals surface area contributed by atoms with Gasteiger partial charge in [-0.25, -0.2) is 0 Å². The van der Waals surface area contributed by atoms with Crippen molar-refractivity contribution in [3.63, 3.8) is 0 Å². The van der Waals surface area contributed by atoms with E-state index in [2.05, 4.69) is 4.65 Å². The minimum absolute atomic E-state index is 0.0139. The fraction of sp³-hybridized carbons (Fsp3) is 0.143. The Balaban J connectivity index is 3.12. The van der Waals surface area contributed by atoms with Gasteiger partial charge in [0.2, 0.25) is 0 Å². The Kier molecular flexibility index (Phi) is 2.57.